The van der Waals surface area contributed by atoms with E-state index in [2.05, 4.69) is 11.9 Å². The third-order valence-electron chi connectivity index (χ3n) is 3.29. The molecule has 0 fully saturated rings. The van der Waals surface area contributed by atoms with Gasteiger partial charge in [-0.25, -0.2) is 13.8 Å². The molecule has 0 radical (unpaired) electrons. The largest absolute Gasteiger partial charge is 0.383 e. The van der Waals surface area contributed by atoms with Crippen LogP contribution in [0, 0.1) is 0 Å². The number of rotatable bonds is 5. The molecule has 0 unspecified atom stereocenters. The summed E-state index contributed by atoms with van der Waals surface area (Å²) in [5, 5.41) is 0. The fourth-order valence-corrected chi connectivity index (χ4v) is 2.26. The molecule has 0 amide bonds. The Morgan fingerprint density at radius 3 is 2.35 bits per heavy atom. The normalized spacial score (nSPS) is 11.2. The first-order valence-electron chi connectivity index (χ1n) is 6.81. The predicted molar refractivity (Wildman–Crippen MR) is 76.7 cm³/mol. The van der Waals surface area contributed by atoms with Gasteiger partial charge in [-0.05, 0) is 6.42 Å². The second kappa shape index (κ2) is 6.03. The Labute approximate surface area is 117 Å². The summed E-state index contributed by atoms with van der Waals surface area (Å²) < 4.78 is 27.1. The van der Waals surface area contributed by atoms with E-state index in [9.17, 15) is 8.78 Å². The molecule has 0 aliphatic heterocycles. The lowest BCUT2D eigenvalue weighted by molar-refractivity contribution is 0.151. The monoisotopic (exact) mass is 279 g/mol. The summed E-state index contributed by atoms with van der Waals surface area (Å²) >= 11 is 0. The second-order valence-electron chi connectivity index (χ2n) is 4.69. The Bertz CT molecular complexity index is 574. The van der Waals surface area contributed by atoms with E-state index in [-0.39, 0.29) is 5.56 Å². The van der Waals surface area contributed by atoms with Gasteiger partial charge in [-0.2, -0.15) is 0 Å². The molecule has 1 heterocycles. The highest BCUT2D eigenvalue weighted by atomic mass is 19.3. The molecule has 2 aromatic rings. The summed E-state index contributed by atoms with van der Waals surface area (Å²) in [7, 11) is 0. The van der Waals surface area contributed by atoms with Crippen LogP contribution in [0.25, 0.3) is 11.3 Å². The molecule has 0 spiro atoms. The van der Waals surface area contributed by atoms with E-state index in [4.69, 9.17) is 5.73 Å². The molecule has 0 atom stereocenters. The quantitative estimate of drug-likeness (QED) is 0.897. The van der Waals surface area contributed by atoms with Crippen LogP contribution in [0.2, 0.25) is 0 Å². The van der Waals surface area contributed by atoms with Crippen molar-refractivity contribution in [3.63, 3.8) is 0 Å². The molecule has 5 heteroatoms. The Morgan fingerprint density at radius 2 is 1.85 bits per heavy atom. The molecule has 3 nitrogen and oxygen atoms in total. The Morgan fingerprint density at radius 1 is 1.20 bits per heavy atom. The molecule has 1 aromatic carbocycles. The molecule has 1 aromatic heterocycles. The molecule has 0 aliphatic carbocycles. The molecular weight excluding hydrogens is 260 g/mol. The smallest absolute Gasteiger partial charge is 0.263 e. The third-order valence-corrected chi connectivity index (χ3v) is 3.29. The van der Waals surface area contributed by atoms with Gasteiger partial charge in [-0.1, -0.05) is 38.1 Å². The zero-order valence-electron chi connectivity index (χ0n) is 11.7. The van der Waals surface area contributed by atoms with E-state index in [1.807, 2.05) is 11.5 Å². The van der Waals surface area contributed by atoms with Crippen molar-refractivity contribution in [2.24, 2.45) is 0 Å². The molecule has 0 aliphatic rings. The molecule has 2 N–H and O–H groups in total. The molecule has 2 rings (SSSR count). The lowest BCUT2D eigenvalue weighted by Crippen LogP contribution is -2.06. The van der Waals surface area contributed by atoms with Crippen LogP contribution in [0.5, 0.6) is 0 Å². The van der Waals surface area contributed by atoms with Crippen LogP contribution in [0.4, 0.5) is 14.6 Å². The van der Waals surface area contributed by atoms with Gasteiger partial charge in [0.05, 0.1) is 0 Å². The third kappa shape index (κ3) is 2.66. The molecule has 0 bridgehead atoms. The van der Waals surface area contributed by atoms with Crippen molar-refractivity contribution in [2.75, 3.05) is 5.73 Å². The van der Waals surface area contributed by atoms with Gasteiger partial charge < -0.3 is 10.3 Å². The number of halogens is 2. The minimum Gasteiger partial charge on any atom is -0.383 e. The first kappa shape index (κ1) is 14.5. The van der Waals surface area contributed by atoms with Crippen LogP contribution >= 0.6 is 0 Å². The number of aromatic nitrogens is 2. The first-order chi connectivity index (χ1) is 9.58. The molecular formula is C15H19F2N3. The van der Waals surface area contributed by atoms with E-state index >= 15 is 0 Å². The topological polar surface area (TPSA) is 43.8 Å². The fraction of sp³-hybridized carbons (Fsp3) is 0.400. The maximum absolute atomic E-state index is 12.6. The maximum Gasteiger partial charge on any atom is 0.263 e. The van der Waals surface area contributed by atoms with Crippen molar-refractivity contribution in [1.29, 1.82) is 0 Å². The number of nitrogens with two attached hydrogens (primary N) is 1. The maximum atomic E-state index is 12.6. The summed E-state index contributed by atoms with van der Waals surface area (Å²) in [6, 6.07) is 6.14. The van der Waals surface area contributed by atoms with Crippen LogP contribution in [0.1, 0.15) is 38.1 Å². The Balaban J connectivity index is 2.42. The number of benzene rings is 1. The molecule has 0 saturated heterocycles. The highest BCUT2D eigenvalue weighted by Gasteiger charge is 2.15. The number of anilines is 1. The average molecular weight is 279 g/mol. The van der Waals surface area contributed by atoms with E-state index in [1.54, 1.807) is 12.1 Å². The number of imidazole rings is 1. The van der Waals surface area contributed by atoms with Gasteiger partial charge in [0.25, 0.3) is 6.43 Å². The Hall–Kier alpha value is -1.91. The summed E-state index contributed by atoms with van der Waals surface area (Å²) in [6.07, 6.45) is -0.693. The number of hydrogen-bond donors (Lipinski definition) is 1. The van der Waals surface area contributed by atoms with Crippen molar-refractivity contribution in [1.82, 2.24) is 9.55 Å². The molecule has 20 heavy (non-hydrogen) atoms. The van der Waals surface area contributed by atoms with Gasteiger partial charge in [0.15, 0.2) is 0 Å². The van der Waals surface area contributed by atoms with Gasteiger partial charge in [-0.3, -0.25) is 0 Å². The summed E-state index contributed by atoms with van der Waals surface area (Å²) in [4.78, 5) is 4.54. The van der Waals surface area contributed by atoms with Gasteiger partial charge in [0, 0.05) is 24.1 Å². The minimum absolute atomic E-state index is 0.0102. The van der Waals surface area contributed by atoms with E-state index < -0.39 is 6.43 Å². The standard InChI is InChI=1S/C15H19F2N3/c1-3-9-20-12(4-2)19-13(15(20)18)10-5-7-11(8-6-10)14(16)17/h5-8,14H,3-4,9,18H2,1-2H3. The summed E-state index contributed by atoms with van der Waals surface area (Å²) in [5.74, 6) is 1.53. The first-order valence-corrected chi connectivity index (χ1v) is 6.81. The molecule has 0 saturated carbocycles. The number of nitrogen functional groups attached to an aromatic ring is 1. The van der Waals surface area contributed by atoms with Crippen LogP contribution in [0.15, 0.2) is 24.3 Å². The lowest BCUT2D eigenvalue weighted by Gasteiger charge is -2.07. The Kier molecular flexibility index (Phi) is 4.37. The van der Waals surface area contributed by atoms with Crippen molar-refractivity contribution in [3.05, 3.63) is 35.7 Å². The summed E-state index contributed by atoms with van der Waals surface area (Å²) in [5.41, 5.74) is 7.61. The lowest BCUT2D eigenvalue weighted by atomic mass is 10.1. The van der Waals surface area contributed by atoms with E-state index in [0.717, 1.165) is 30.8 Å². The van der Waals surface area contributed by atoms with Crippen LogP contribution in [-0.4, -0.2) is 9.55 Å². The van der Waals surface area contributed by atoms with Crippen molar-refractivity contribution >= 4 is 5.82 Å². The van der Waals surface area contributed by atoms with E-state index in [1.165, 1.54) is 12.1 Å². The van der Waals surface area contributed by atoms with Crippen molar-refractivity contribution in [2.45, 2.75) is 39.7 Å². The van der Waals surface area contributed by atoms with Crippen LogP contribution < -0.4 is 5.73 Å². The van der Waals surface area contributed by atoms with Crippen molar-refractivity contribution in [3.8, 4) is 11.3 Å². The zero-order valence-corrected chi connectivity index (χ0v) is 11.7. The number of alkyl halides is 2. The van der Waals surface area contributed by atoms with Gasteiger partial charge in [-0.15, -0.1) is 0 Å². The highest BCUT2D eigenvalue weighted by molar-refractivity contribution is 5.71. The number of hydrogen-bond acceptors (Lipinski definition) is 2. The zero-order chi connectivity index (χ0) is 14.7. The van der Waals surface area contributed by atoms with Crippen molar-refractivity contribution < 1.29 is 8.78 Å². The predicted octanol–water partition coefficient (Wildman–Crippen LogP) is 4.04. The second-order valence-corrected chi connectivity index (χ2v) is 4.69. The number of aryl methyl sites for hydroxylation is 1. The molecule has 108 valence electrons. The van der Waals surface area contributed by atoms with Gasteiger partial charge >= 0.3 is 0 Å². The van der Waals surface area contributed by atoms with Crippen LogP contribution in [0.3, 0.4) is 0 Å². The summed E-state index contributed by atoms with van der Waals surface area (Å²) in [6.45, 7) is 4.92. The minimum atomic E-state index is -2.45. The van der Waals surface area contributed by atoms with E-state index in [0.29, 0.717) is 11.5 Å². The van der Waals surface area contributed by atoms with Gasteiger partial charge in [0.1, 0.15) is 17.3 Å². The average Bonchev–Trinajstić information content (AvgIpc) is 2.76. The van der Waals surface area contributed by atoms with Crippen LogP contribution in [-0.2, 0) is 13.0 Å². The highest BCUT2D eigenvalue weighted by Crippen LogP contribution is 2.29. The van der Waals surface area contributed by atoms with Gasteiger partial charge in [0.2, 0.25) is 0 Å². The fourth-order valence-electron chi connectivity index (χ4n) is 2.26. The SMILES string of the molecule is CCCn1c(CC)nc(-c2ccc(C(F)F)cc2)c1N. The number of nitrogens with zero attached hydrogens (tertiary/aromatic N) is 2.